The minimum absolute atomic E-state index is 0.0282. The summed E-state index contributed by atoms with van der Waals surface area (Å²) in [5, 5.41) is 16.8. The van der Waals surface area contributed by atoms with E-state index >= 15 is 0 Å². The van der Waals surface area contributed by atoms with Crippen molar-refractivity contribution in [3.63, 3.8) is 0 Å². The van der Waals surface area contributed by atoms with Crippen LogP contribution in [0.1, 0.15) is 37.7 Å². The highest BCUT2D eigenvalue weighted by atomic mass is 16.5. The van der Waals surface area contributed by atoms with Crippen LogP contribution in [0.5, 0.6) is 0 Å². The molecule has 1 aliphatic heterocycles. The summed E-state index contributed by atoms with van der Waals surface area (Å²) in [5.41, 5.74) is 0.467. The van der Waals surface area contributed by atoms with Gasteiger partial charge in [0.05, 0.1) is 38.1 Å². The SMILES string of the molecule is Cc1cnn(C[C@H]2CN(CC(=O)NC3(C#N)CCCCC3)CCO2)c1. The molecule has 0 aromatic carbocycles. The van der Waals surface area contributed by atoms with Crippen LogP contribution < -0.4 is 5.32 Å². The Morgan fingerprint density at radius 2 is 2.28 bits per heavy atom. The van der Waals surface area contributed by atoms with Crippen LogP contribution in [-0.4, -0.2) is 58.5 Å². The largest absolute Gasteiger partial charge is 0.374 e. The van der Waals surface area contributed by atoms with Crippen LogP contribution in [0.25, 0.3) is 0 Å². The smallest absolute Gasteiger partial charge is 0.235 e. The summed E-state index contributed by atoms with van der Waals surface area (Å²) in [4.78, 5) is 14.6. The summed E-state index contributed by atoms with van der Waals surface area (Å²) in [6.45, 7) is 5.07. The Hall–Kier alpha value is -1.91. The van der Waals surface area contributed by atoms with Crippen molar-refractivity contribution in [3.05, 3.63) is 18.0 Å². The number of ether oxygens (including phenoxy) is 1. The lowest BCUT2D eigenvalue weighted by Gasteiger charge is -2.35. The third-order valence-corrected chi connectivity index (χ3v) is 5.04. The van der Waals surface area contributed by atoms with Crippen LogP contribution in [0.2, 0.25) is 0 Å². The Morgan fingerprint density at radius 1 is 1.48 bits per heavy atom. The zero-order chi connectivity index (χ0) is 17.7. The number of aryl methyl sites for hydroxylation is 1. The quantitative estimate of drug-likeness (QED) is 0.868. The van der Waals surface area contributed by atoms with E-state index in [9.17, 15) is 10.1 Å². The number of carbonyl (C=O) groups is 1. The first-order valence-corrected chi connectivity index (χ1v) is 9.14. The minimum atomic E-state index is -0.659. The number of morpholine rings is 1. The minimum Gasteiger partial charge on any atom is -0.374 e. The molecule has 1 amide bonds. The van der Waals surface area contributed by atoms with Gasteiger partial charge in [-0.1, -0.05) is 19.3 Å². The third-order valence-electron chi connectivity index (χ3n) is 5.04. The summed E-state index contributed by atoms with van der Waals surface area (Å²) < 4.78 is 7.69. The zero-order valence-corrected chi connectivity index (χ0v) is 14.9. The van der Waals surface area contributed by atoms with Crippen molar-refractivity contribution < 1.29 is 9.53 Å². The maximum absolute atomic E-state index is 12.4. The third kappa shape index (κ3) is 4.80. The first-order chi connectivity index (χ1) is 12.1. The lowest BCUT2D eigenvalue weighted by Crippen LogP contribution is -2.54. The number of carbonyl (C=O) groups excluding carboxylic acids is 1. The van der Waals surface area contributed by atoms with E-state index in [0.29, 0.717) is 26.2 Å². The van der Waals surface area contributed by atoms with E-state index in [4.69, 9.17) is 4.74 Å². The molecule has 1 N–H and O–H groups in total. The molecule has 7 nitrogen and oxygen atoms in total. The lowest BCUT2D eigenvalue weighted by atomic mass is 9.83. The maximum atomic E-state index is 12.4. The molecule has 1 saturated carbocycles. The summed E-state index contributed by atoms with van der Waals surface area (Å²) >= 11 is 0. The van der Waals surface area contributed by atoms with Gasteiger partial charge in [-0.15, -0.1) is 0 Å². The number of nitriles is 1. The molecule has 1 saturated heterocycles. The number of hydrogen-bond acceptors (Lipinski definition) is 5. The topological polar surface area (TPSA) is 83.2 Å². The predicted molar refractivity (Wildman–Crippen MR) is 92.7 cm³/mol. The van der Waals surface area contributed by atoms with E-state index in [-0.39, 0.29) is 12.0 Å². The molecule has 2 heterocycles. The van der Waals surface area contributed by atoms with Crippen molar-refractivity contribution in [2.45, 2.75) is 57.2 Å². The molecule has 2 aliphatic rings. The van der Waals surface area contributed by atoms with Gasteiger partial charge < -0.3 is 10.1 Å². The fourth-order valence-corrected chi connectivity index (χ4v) is 3.74. The van der Waals surface area contributed by atoms with Gasteiger partial charge in [-0.3, -0.25) is 14.4 Å². The van der Waals surface area contributed by atoms with Crippen molar-refractivity contribution in [3.8, 4) is 6.07 Å². The molecule has 1 aromatic rings. The Morgan fingerprint density at radius 3 is 2.96 bits per heavy atom. The van der Waals surface area contributed by atoms with Gasteiger partial charge in [0.1, 0.15) is 5.54 Å². The van der Waals surface area contributed by atoms with Crippen molar-refractivity contribution in [1.82, 2.24) is 20.0 Å². The highest BCUT2D eigenvalue weighted by molar-refractivity contribution is 5.79. The number of nitrogens with one attached hydrogen (secondary N) is 1. The first-order valence-electron chi connectivity index (χ1n) is 9.14. The van der Waals surface area contributed by atoms with Gasteiger partial charge in [0.25, 0.3) is 0 Å². The van der Waals surface area contributed by atoms with Crippen molar-refractivity contribution >= 4 is 5.91 Å². The van der Waals surface area contributed by atoms with Crippen molar-refractivity contribution in [1.29, 1.82) is 5.26 Å². The molecule has 1 atom stereocenters. The van der Waals surface area contributed by atoms with Crippen LogP contribution in [0.4, 0.5) is 0 Å². The van der Waals surface area contributed by atoms with Gasteiger partial charge in [0.15, 0.2) is 0 Å². The fourth-order valence-electron chi connectivity index (χ4n) is 3.74. The molecule has 136 valence electrons. The molecule has 0 unspecified atom stereocenters. The molecular weight excluding hydrogens is 318 g/mol. The van der Waals surface area contributed by atoms with Gasteiger partial charge in [0, 0.05) is 19.3 Å². The molecular formula is C18H27N5O2. The van der Waals surface area contributed by atoms with Crippen LogP contribution >= 0.6 is 0 Å². The molecule has 7 heteroatoms. The predicted octanol–water partition coefficient (Wildman–Crippen LogP) is 1.24. The Bertz CT molecular complexity index is 630. The number of nitrogens with zero attached hydrogens (tertiary/aromatic N) is 4. The number of aromatic nitrogens is 2. The average molecular weight is 345 g/mol. The number of rotatable bonds is 5. The number of amides is 1. The Balaban J connectivity index is 1.50. The number of hydrogen-bond donors (Lipinski definition) is 1. The Kier molecular flexibility index (Phi) is 5.71. The van der Waals surface area contributed by atoms with Crippen molar-refractivity contribution in [2.24, 2.45) is 0 Å². The Labute approximate surface area is 148 Å². The van der Waals surface area contributed by atoms with Gasteiger partial charge in [0.2, 0.25) is 5.91 Å². The lowest BCUT2D eigenvalue weighted by molar-refractivity contribution is -0.126. The molecule has 0 radical (unpaired) electrons. The molecule has 2 fully saturated rings. The summed E-state index contributed by atoms with van der Waals surface area (Å²) in [7, 11) is 0. The van der Waals surface area contributed by atoms with Crippen LogP contribution in [0.3, 0.4) is 0 Å². The molecule has 0 bridgehead atoms. The van der Waals surface area contributed by atoms with Gasteiger partial charge >= 0.3 is 0 Å². The monoisotopic (exact) mass is 345 g/mol. The molecule has 25 heavy (non-hydrogen) atoms. The molecule has 0 spiro atoms. The summed E-state index contributed by atoms with van der Waals surface area (Å²) in [6, 6.07) is 2.34. The van der Waals surface area contributed by atoms with Gasteiger partial charge in [-0.25, -0.2) is 0 Å². The molecule has 3 rings (SSSR count). The standard InChI is InChI=1S/C18H27N5O2/c1-15-9-20-23(10-15)12-16-11-22(7-8-25-16)13-17(24)21-18(14-19)5-3-2-4-6-18/h9-10,16H,2-8,11-13H2,1H3,(H,21,24)/t16-/m1/s1. The van der Waals surface area contributed by atoms with Crippen LogP contribution in [0.15, 0.2) is 12.4 Å². The van der Waals surface area contributed by atoms with Gasteiger partial charge in [-0.05, 0) is 25.3 Å². The second-order valence-corrected chi connectivity index (χ2v) is 7.27. The maximum Gasteiger partial charge on any atom is 0.235 e. The average Bonchev–Trinajstić information content (AvgIpc) is 3.00. The van der Waals surface area contributed by atoms with E-state index in [1.165, 1.54) is 0 Å². The summed E-state index contributed by atoms with van der Waals surface area (Å²) in [5.74, 6) is -0.0565. The van der Waals surface area contributed by atoms with Crippen LogP contribution in [0, 0.1) is 18.3 Å². The second kappa shape index (κ2) is 7.98. The zero-order valence-electron chi connectivity index (χ0n) is 14.9. The van der Waals surface area contributed by atoms with E-state index in [1.807, 2.05) is 24.0 Å². The van der Waals surface area contributed by atoms with E-state index in [0.717, 1.165) is 44.2 Å². The van der Waals surface area contributed by atoms with E-state index in [2.05, 4.69) is 21.4 Å². The van der Waals surface area contributed by atoms with E-state index < -0.39 is 5.54 Å². The van der Waals surface area contributed by atoms with Crippen LogP contribution in [-0.2, 0) is 16.1 Å². The fraction of sp³-hybridized carbons (Fsp3) is 0.722. The summed E-state index contributed by atoms with van der Waals surface area (Å²) in [6.07, 6.45) is 8.55. The van der Waals surface area contributed by atoms with Crippen molar-refractivity contribution in [2.75, 3.05) is 26.2 Å². The molecule has 1 aliphatic carbocycles. The van der Waals surface area contributed by atoms with Gasteiger partial charge in [-0.2, -0.15) is 10.4 Å². The first kappa shape index (κ1) is 17.9. The second-order valence-electron chi connectivity index (χ2n) is 7.27. The van der Waals surface area contributed by atoms with E-state index in [1.54, 1.807) is 0 Å². The highest BCUT2D eigenvalue weighted by Gasteiger charge is 2.34. The molecule has 1 aromatic heterocycles. The normalized spacial score (nSPS) is 23.8. The highest BCUT2D eigenvalue weighted by Crippen LogP contribution is 2.27.